The number of aryl methyl sites for hydroxylation is 1. The van der Waals surface area contributed by atoms with E-state index in [0.717, 1.165) is 11.3 Å². The highest BCUT2D eigenvalue weighted by Gasteiger charge is 2.25. The smallest absolute Gasteiger partial charge is 0.196 e. The lowest BCUT2D eigenvalue weighted by molar-refractivity contribution is 0.0749. The topological polar surface area (TPSA) is 79.8 Å². The number of para-hydroxylation sites is 1. The van der Waals surface area contributed by atoms with Crippen molar-refractivity contribution < 1.29 is 13.2 Å². The van der Waals surface area contributed by atoms with Gasteiger partial charge in [0.25, 0.3) is 0 Å². The van der Waals surface area contributed by atoms with E-state index in [2.05, 4.69) is 46.8 Å². The summed E-state index contributed by atoms with van der Waals surface area (Å²) in [5, 5.41) is 6.46. The maximum absolute atomic E-state index is 11.8. The van der Waals surface area contributed by atoms with E-state index < -0.39 is 9.84 Å². The van der Waals surface area contributed by atoms with Crippen LogP contribution in [0.3, 0.4) is 0 Å². The van der Waals surface area contributed by atoms with Crippen molar-refractivity contribution in [1.82, 2.24) is 5.32 Å². The largest absolute Gasteiger partial charge is 0.374 e. The number of halogens is 1. The molecule has 1 saturated heterocycles. The molecule has 0 bridgehead atoms. The Bertz CT molecular complexity index is 871. The number of sulfone groups is 1. The van der Waals surface area contributed by atoms with E-state index in [1.54, 1.807) is 0 Å². The van der Waals surface area contributed by atoms with Gasteiger partial charge in [0, 0.05) is 12.2 Å². The molecule has 0 aliphatic carbocycles. The van der Waals surface area contributed by atoms with Crippen LogP contribution in [0.4, 0.5) is 5.69 Å². The van der Waals surface area contributed by atoms with Crippen LogP contribution >= 0.6 is 24.0 Å². The number of hydrogen-bond acceptors (Lipinski definition) is 4. The van der Waals surface area contributed by atoms with Crippen molar-refractivity contribution in [3.63, 3.8) is 0 Å². The van der Waals surface area contributed by atoms with Crippen molar-refractivity contribution in [2.75, 3.05) is 30.0 Å². The summed E-state index contributed by atoms with van der Waals surface area (Å²) in [7, 11) is -3.02. The summed E-state index contributed by atoms with van der Waals surface area (Å²) < 4.78 is 29.1. The van der Waals surface area contributed by atoms with Crippen LogP contribution < -0.4 is 10.6 Å². The lowest BCUT2D eigenvalue weighted by atomic mass is 10.1. The summed E-state index contributed by atoms with van der Waals surface area (Å²) in [6, 6.07) is 17.9. The fourth-order valence-electron chi connectivity index (χ4n) is 2.75. The molecule has 6 nitrogen and oxygen atoms in total. The van der Waals surface area contributed by atoms with Gasteiger partial charge in [-0.2, -0.15) is 0 Å². The summed E-state index contributed by atoms with van der Waals surface area (Å²) >= 11 is 0. The summed E-state index contributed by atoms with van der Waals surface area (Å²) in [4.78, 5) is 4.63. The Morgan fingerprint density at radius 1 is 1.14 bits per heavy atom. The monoisotopic (exact) mass is 515 g/mol. The van der Waals surface area contributed by atoms with Crippen LogP contribution in [0.2, 0.25) is 0 Å². The molecule has 3 rings (SSSR count). The Balaban J connectivity index is 0.00000280. The first-order valence-corrected chi connectivity index (χ1v) is 10.8. The number of hydrogen-bond donors (Lipinski definition) is 2. The Hall–Kier alpha value is -1.65. The van der Waals surface area contributed by atoms with Crippen molar-refractivity contribution in [1.29, 1.82) is 0 Å². The predicted molar refractivity (Wildman–Crippen MR) is 124 cm³/mol. The number of anilines is 1. The molecule has 8 heteroatoms. The molecule has 2 aromatic carbocycles. The molecule has 0 saturated carbocycles. The Kier molecular flexibility index (Phi) is 8.71. The first-order chi connectivity index (χ1) is 13.0. The summed E-state index contributed by atoms with van der Waals surface area (Å²) in [5.41, 5.74) is 3.22. The molecule has 0 amide bonds. The minimum atomic E-state index is -3.02. The van der Waals surface area contributed by atoms with Gasteiger partial charge in [0.05, 0.1) is 30.8 Å². The first kappa shape index (κ1) is 22.6. The zero-order chi connectivity index (χ0) is 19.1. The highest BCUT2D eigenvalue weighted by atomic mass is 127. The molecule has 1 unspecified atom stereocenters. The van der Waals surface area contributed by atoms with Crippen LogP contribution in [0.25, 0.3) is 0 Å². The molecule has 1 heterocycles. The number of nitrogens with zero attached hydrogens (tertiary/aromatic N) is 1. The van der Waals surface area contributed by atoms with Gasteiger partial charge in [0.15, 0.2) is 15.8 Å². The molecular formula is C20H26IN3O3S. The molecule has 1 aliphatic heterocycles. The Morgan fingerprint density at radius 2 is 1.86 bits per heavy atom. The van der Waals surface area contributed by atoms with Crippen LogP contribution in [-0.4, -0.2) is 45.1 Å². The van der Waals surface area contributed by atoms with Gasteiger partial charge in [-0.3, -0.25) is 0 Å². The van der Waals surface area contributed by atoms with Crippen molar-refractivity contribution in [2.45, 2.75) is 19.6 Å². The third-order valence-electron chi connectivity index (χ3n) is 4.26. The molecule has 0 radical (unpaired) electrons. The third kappa shape index (κ3) is 7.40. The minimum Gasteiger partial charge on any atom is -0.374 e. The molecule has 152 valence electrons. The van der Waals surface area contributed by atoms with E-state index in [-0.39, 0.29) is 48.2 Å². The van der Waals surface area contributed by atoms with Gasteiger partial charge in [-0.05, 0) is 24.6 Å². The summed E-state index contributed by atoms with van der Waals surface area (Å²) in [6.07, 6.45) is -0.370. The average Bonchev–Trinajstić information content (AvgIpc) is 2.65. The number of benzene rings is 2. The Morgan fingerprint density at radius 3 is 2.54 bits per heavy atom. The molecule has 1 atom stereocenters. The zero-order valence-corrected chi connectivity index (χ0v) is 18.9. The van der Waals surface area contributed by atoms with Crippen molar-refractivity contribution in [3.8, 4) is 0 Å². The molecule has 28 heavy (non-hydrogen) atoms. The maximum Gasteiger partial charge on any atom is 0.196 e. The molecule has 0 aromatic heterocycles. The standard InChI is InChI=1S/C20H25N3O3S.HI/c1-16-7-9-17(10-8-16)13-21-20(23-18-5-3-2-4-6-18)22-14-19-15-27(24,25)12-11-26-19;/h2-10,19H,11-15H2,1H3,(H2,21,22,23);1H. The number of guanidine groups is 1. The quantitative estimate of drug-likeness (QED) is 0.364. The van der Waals surface area contributed by atoms with Gasteiger partial charge in [0.1, 0.15) is 0 Å². The first-order valence-electron chi connectivity index (χ1n) is 8.98. The van der Waals surface area contributed by atoms with Gasteiger partial charge in [0.2, 0.25) is 0 Å². The maximum atomic E-state index is 11.8. The Labute approximate surface area is 183 Å². The highest BCUT2D eigenvalue weighted by Crippen LogP contribution is 2.09. The fourth-order valence-corrected chi connectivity index (χ4v) is 4.04. The van der Waals surface area contributed by atoms with E-state index >= 15 is 0 Å². The van der Waals surface area contributed by atoms with E-state index in [0.29, 0.717) is 19.0 Å². The molecule has 2 aromatic rings. The van der Waals surface area contributed by atoms with E-state index in [1.165, 1.54) is 5.56 Å². The van der Waals surface area contributed by atoms with Crippen LogP contribution in [0.5, 0.6) is 0 Å². The van der Waals surface area contributed by atoms with E-state index in [9.17, 15) is 8.42 Å². The zero-order valence-electron chi connectivity index (χ0n) is 15.8. The molecule has 1 fully saturated rings. The predicted octanol–water partition coefficient (Wildman–Crippen LogP) is 2.98. The van der Waals surface area contributed by atoms with Crippen LogP contribution in [-0.2, 0) is 21.1 Å². The van der Waals surface area contributed by atoms with Crippen molar-refractivity contribution >= 4 is 45.5 Å². The van der Waals surface area contributed by atoms with Crippen LogP contribution in [0.15, 0.2) is 59.6 Å². The second kappa shape index (κ2) is 10.8. The van der Waals surface area contributed by atoms with Gasteiger partial charge >= 0.3 is 0 Å². The van der Waals surface area contributed by atoms with Gasteiger partial charge in [-0.1, -0.05) is 48.0 Å². The lowest BCUT2D eigenvalue weighted by Gasteiger charge is -2.24. The molecule has 2 N–H and O–H groups in total. The molecular weight excluding hydrogens is 489 g/mol. The van der Waals surface area contributed by atoms with E-state index in [1.807, 2.05) is 30.3 Å². The number of rotatable bonds is 5. The van der Waals surface area contributed by atoms with Crippen molar-refractivity contribution in [2.24, 2.45) is 4.99 Å². The van der Waals surface area contributed by atoms with Crippen molar-refractivity contribution in [3.05, 3.63) is 65.7 Å². The second-order valence-corrected chi connectivity index (χ2v) is 8.86. The summed E-state index contributed by atoms with van der Waals surface area (Å²) in [6.45, 7) is 3.20. The normalized spacial score (nSPS) is 18.8. The second-order valence-electron chi connectivity index (χ2n) is 6.63. The van der Waals surface area contributed by atoms with Crippen LogP contribution in [0.1, 0.15) is 11.1 Å². The van der Waals surface area contributed by atoms with E-state index in [4.69, 9.17) is 4.74 Å². The average molecular weight is 515 g/mol. The molecule has 0 spiro atoms. The molecule has 1 aliphatic rings. The lowest BCUT2D eigenvalue weighted by Crippen LogP contribution is -2.44. The summed E-state index contributed by atoms with van der Waals surface area (Å²) in [5.74, 6) is 0.727. The highest BCUT2D eigenvalue weighted by molar-refractivity contribution is 14.0. The minimum absolute atomic E-state index is 0. The SMILES string of the molecule is Cc1ccc(CN=C(NCC2CS(=O)(=O)CCO2)Nc2ccccc2)cc1.I. The third-order valence-corrected chi connectivity index (χ3v) is 5.93. The van der Waals surface area contributed by atoms with Gasteiger partial charge < -0.3 is 15.4 Å². The fraction of sp³-hybridized carbons (Fsp3) is 0.350. The van der Waals surface area contributed by atoms with Gasteiger partial charge in [-0.25, -0.2) is 13.4 Å². The number of aliphatic imine (C=N–C) groups is 1. The van der Waals surface area contributed by atoms with Gasteiger partial charge in [-0.15, -0.1) is 24.0 Å². The number of ether oxygens (including phenoxy) is 1. The van der Waals surface area contributed by atoms with Crippen LogP contribution in [0, 0.1) is 6.92 Å². The number of nitrogens with one attached hydrogen (secondary N) is 2.